The molecule has 6 aromatic rings. The maximum absolute atomic E-state index is 4.97. The van der Waals surface area contributed by atoms with Gasteiger partial charge in [-0.25, -0.2) is 9.67 Å². The predicted molar refractivity (Wildman–Crippen MR) is 141 cm³/mol. The molecular weight excluding hydrogens is 438 g/mol. The molecule has 0 fully saturated rings. The number of para-hydroxylation sites is 1. The van der Waals surface area contributed by atoms with E-state index in [1.807, 2.05) is 29.1 Å². The van der Waals surface area contributed by atoms with Crippen LogP contribution in [0.2, 0.25) is 0 Å². The van der Waals surface area contributed by atoms with Gasteiger partial charge < -0.3 is 4.98 Å². The first-order valence-corrected chi connectivity index (χ1v) is 11.9. The van der Waals surface area contributed by atoms with Crippen LogP contribution in [0.4, 0.5) is 5.69 Å². The van der Waals surface area contributed by atoms with Crippen molar-refractivity contribution in [3.8, 4) is 11.3 Å². The van der Waals surface area contributed by atoms with E-state index in [0.29, 0.717) is 0 Å². The van der Waals surface area contributed by atoms with E-state index in [1.54, 1.807) is 23.7 Å². The number of hydrogen-bond acceptors (Lipinski definition) is 4. The molecule has 0 radical (unpaired) electrons. The van der Waals surface area contributed by atoms with Crippen LogP contribution in [-0.2, 0) is 0 Å². The van der Waals surface area contributed by atoms with Crippen LogP contribution in [-0.4, -0.2) is 20.9 Å². The molecule has 6 rings (SSSR count). The summed E-state index contributed by atoms with van der Waals surface area (Å²) in [6, 6.07) is 26.9. The lowest BCUT2D eigenvalue weighted by Crippen LogP contribution is -2.11. The average Bonchev–Trinajstić information content (AvgIpc) is 3.42. The number of nitrogens with zero attached hydrogens (tertiary/aromatic N) is 4. The first-order valence-electron chi connectivity index (χ1n) is 11.0. The molecule has 6 heteroatoms. The van der Waals surface area contributed by atoms with Crippen LogP contribution in [0.3, 0.4) is 0 Å². The van der Waals surface area contributed by atoms with Crippen LogP contribution in [0, 0.1) is 6.92 Å². The van der Waals surface area contributed by atoms with Crippen molar-refractivity contribution in [1.82, 2.24) is 14.6 Å². The highest BCUT2D eigenvalue weighted by Gasteiger charge is 2.12. The minimum absolute atomic E-state index is 0.782. The summed E-state index contributed by atoms with van der Waals surface area (Å²) in [4.78, 5) is 13.3. The number of aromatic amines is 1. The summed E-state index contributed by atoms with van der Waals surface area (Å²) in [6.45, 7) is 2.08. The molecule has 1 N–H and O–H groups in total. The predicted octanol–water partition coefficient (Wildman–Crippen LogP) is 6.67. The summed E-state index contributed by atoms with van der Waals surface area (Å²) in [6.07, 6.45) is 5.44. The number of pyridine rings is 1. The van der Waals surface area contributed by atoms with Gasteiger partial charge in [0.2, 0.25) is 4.80 Å². The first kappa shape index (κ1) is 20.3. The summed E-state index contributed by atoms with van der Waals surface area (Å²) in [5.74, 6) is 0. The van der Waals surface area contributed by atoms with E-state index >= 15 is 0 Å². The fourth-order valence-corrected chi connectivity index (χ4v) is 5.08. The molecule has 3 heterocycles. The maximum atomic E-state index is 4.97. The maximum Gasteiger partial charge on any atom is 0.211 e. The fourth-order valence-electron chi connectivity index (χ4n) is 4.23. The molecular formula is C28H21N5S. The van der Waals surface area contributed by atoms with Gasteiger partial charge in [0.1, 0.15) is 0 Å². The normalized spacial score (nSPS) is 12.3. The molecule has 5 nitrogen and oxygen atoms in total. The van der Waals surface area contributed by atoms with Gasteiger partial charge in [0.05, 0.1) is 23.8 Å². The lowest BCUT2D eigenvalue weighted by molar-refractivity contribution is 0.855. The summed E-state index contributed by atoms with van der Waals surface area (Å²) >= 11 is 1.57. The van der Waals surface area contributed by atoms with Crippen LogP contribution >= 0.6 is 11.3 Å². The van der Waals surface area contributed by atoms with Crippen molar-refractivity contribution >= 4 is 44.9 Å². The zero-order chi connectivity index (χ0) is 22.9. The molecule has 164 valence electrons. The molecule has 0 bridgehead atoms. The number of fused-ring (bicyclic) bond motifs is 2. The third kappa shape index (κ3) is 3.64. The number of benzene rings is 3. The monoisotopic (exact) mass is 459 g/mol. The Labute approximate surface area is 200 Å². The third-order valence-electron chi connectivity index (χ3n) is 5.87. The average molecular weight is 460 g/mol. The standard InChI is InChI=1S/C28H21N5S/c1-19-25(23-12-4-5-14-26(23)31-19)17-30-33-27(18-34-28(33)32-21-10-7-15-29-16-21)24-13-6-9-20-8-2-3-11-22(20)24/h2-18,31H,1H3. The molecule has 0 aliphatic carbocycles. The van der Waals surface area contributed by atoms with Gasteiger partial charge in [0.25, 0.3) is 0 Å². The highest BCUT2D eigenvalue weighted by atomic mass is 32.1. The van der Waals surface area contributed by atoms with Gasteiger partial charge in [0, 0.05) is 39.3 Å². The van der Waals surface area contributed by atoms with Crippen molar-refractivity contribution in [2.75, 3.05) is 0 Å². The Balaban J connectivity index is 1.57. The number of H-pyrrole nitrogens is 1. The SMILES string of the molecule is Cc1[nH]c2ccccc2c1C=Nn1c(-c2cccc3ccccc23)csc1=Nc1cccnc1. The van der Waals surface area contributed by atoms with E-state index in [0.717, 1.165) is 43.9 Å². The van der Waals surface area contributed by atoms with Gasteiger partial charge in [-0.2, -0.15) is 5.10 Å². The molecule has 3 aromatic carbocycles. The fraction of sp³-hybridized carbons (Fsp3) is 0.0357. The molecule has 0 saturated carbocycles. The van der Waals surface area contributed by atoms with Crippen molar-refractivity contribution in [2.24, 2.45) is 10.1 Å². The Morgan fingerprint density at radius 1 is 0.912 bits per heavy atom. The summed E-state index contributed by atoms with van der Waals surface area (Å²) in [7, 11) is 0. The van der Waals surface area contributed by atoms with E-state index in [4.69, 9.17) is 10.1 Å². The van der Waals surface area contributed by atoms with E-state index in [1.165, 1.54) is 10.8 Å². The van der Waals surface area contributed by atoms with Gasteiger partial charge in [0.15, 0.2) is 0 Å². The van der Waals surface area contributed by atoms with Crippen LogP contribution in [0.15, 0.2) is 107 Å². The minimum atomic E-state index is 0.782. The summed E-state index contributed by atoms with van der Waals surface area (Å²) in [5.41, 5.74) is 6.17. The van der Waals surface area contributed by atoms with Crippen LogP contribution in [0.1, 0.15) is 11.3 Å². The number of hydrogen-bond donors (Lipinski definition) is 1. The van der Waals surface area contributed by atoms with Crippen LogP contribution < -0.4 is 4.80 Å². The lowest BCUT2D eigenvalue weighted by Gasteiger charge is -2.07. The number of aromatic nitrogens is 3. The molecule has 0 aliphatic heterocycles. The number of nitrogens with one attached hydrogen (secondary N) is 1. The second-order valence-corrected chi connectivity index (χ2v) is 8.86. The minimum Gasteiger partial charge on any atom is -0.358 e. The summed E-state index contributed by atoms with van der Waals surface area (Å²) in [5, 5.41) is 10.6. The molecule has 34 heavy (non-hydrogen) atoms. The Morgan fingerprint density at radius 2 is 1.74 bits per heavy atom. The van der Waals surface area contributed by atoms with E-state index in [-0.39, 0.29) is 0 Å². The Morgan fingerprint density at radius 3 is 2.62 bits per heavy atom. The summed E-state index contributed by atoms with van der Waals surface area (Å²) < 4.78 is 1.93. The van der Waals surface area contributed by atoms with E-state index in [9.17, 15) is 0 Å². The molecule has 0 saturated heterocycles. The Kier molecular flexibility index (Phi) is 5.13. The highest BCUT2D eigenvalue weighted by Crippen LogP contribution is 2.29. The van der Waals surface area contributed by atoms with Crippen LogP contribution in [0.5, 0.6) is 0 Å². The zero-order valence-electron chi connectivity index (χ0n) is 18.5. The topological polar surface area (TPSA) is 58.3 Å². The van der Waals surface area contributed by atoms with Crippen molar-refractivity contribution in [3.63, 3.8) is 0 Å². The van der Waals surface area contributed by atoms with Gasteiger partial charge >= 0.3 is 0 Å². The van der Waals surface area contributed by atoms with Crippen molar-refractivity contribution in [1.29, 1.82) is 0 Å². The Bertz CT molecular complexity index is 1720. The number of thiazole rings is 1. The smallest absolute Gasteiger partial charge is 0.211 e. The van der Waals surface area contributed by atoms with Gasteiger partial charge in [-0.1, -0.05) is 60.7 Å². The first-order chi connectivity index (χ1) is 16.8. The highest BCUT2D eigenvalue weighted by molar-refractivity contribution is 7.07. The molecule has 0 atom stereocenters. The van der Waals surface area contributed by atoms with Crippen molar-refractivity contribution in [2.45, 2.75) is 6.92 Å². The van der Waals surface area contributed by atoms with Gasteiger partial charge in [-0.05, 0) is 35.9 Å². The largest absolute Gasteiger partial charge is 0.358 e. The molecule has 0 unspecified atom stereocenters. The second-order valence-electron chi connectivity index (χ2n) is 8.02. The Hall–Kier alpha value is -4.29. The number of rotatable bonds is 4. The molecule has 0 aliphatic rings. The third-order valence-corrected chi connectivity index (χ3v) is 6.68. The quantitative estimate of drug-likeness (QED) is 0.294. The van der Waals surface area contributed by atoms with Gasteiger partial charge in [-0.15, -0.1) is 11.3 Å². The molecule has 0 spiro atoms. The molecule has 0 amide bonds. The number of aryl methyl sites for hydroxylation is 1. The zero-order valence-corrected chi connectivity index (χ0v) is 19.3. The van der Waals surface area contributed by atoms with Crippen molar-refractivity contribution < 1.29 is 0 Å². The van der Waals surface area contributed by atoms with Crippen LogP contribution in [0.25, 0.3) is 32.9 Å². The van der Waals surface area contributed by atoms with Gasteiger partial charge in [-0.3, -0.25) is 4.98 Å². The van der Waals surface area contributed by atoms with E-state index < -0.39 is 0 Å². The lowest BCUT2D eigenvalue weighted by atomic mass is 10.0. The van der Waals surface area contributed by atoms with Crippen molar-refractivity contribution in [3.05, 3.63) is 113 Å². The molecule has 3 aromatic heterocycles. The second kappa shape index (κ2) is 8.57. The van der Waals surface area contributed by atoms with E-state index in [2.05, 4.69) is 82.9 Å².